The standard InChI is InChI=1S/C28H56.2BrH.2H3N/c1-5-7-9-11-13-15-17-19-21-23-25-28(27(3)4)26-24-22-20-18-16-14-12-10-8-6-2;;;;/h5-26H2,1-4H3;2*1H;2*1H3. The van der Waals surface area contributed by atoms with Crippen LogP contribution in [0, 0.1) is 0 Å². The van der Waals surface area contributed by atoms with Crippen molar-refractivity contribution in [1.29, 1.82) is 0 Å². The van der Waals surface area contributed by atoms with Crippen molar-refractivity contribution in [3.05, 3.63) is 11.1 Å². The Hall–Kier alpha value is 0.620. The van der Waals surface area contributed by atoms with Gasteiger partial charge < -0.3 is 12.3 Å². The van der Waals surface area contributed by atoms with Gasteiger partial charge >= 0.3 is 0 Å². The fourth-order valence-electron chi connectivity index (χ4n) is 4.28. The summed E-state index contributed by atoms with van der Waals surface area (Å²) in [4.78, 5) is 0. The monoisotopic (exact) mass is 586 g/mol. The number of allylic oxidation sites excluding steroid dienone is 2. The van der Waals surface area contributed by atoms with Crippen LogP contribution in [0.2, 0.25) is 0 Å². The first-order chi connectivity index (χ1) is 13.7. The van der Waals surface area contributed by atoms with Crippen LogP contribution in [0.25, 0.3) is 0 Å². The van der Waals surface area contributed by atoms with E-state index in [0.717, 1.165) is 0 Å². The molecule has 0 aromatic carbocycles. The second-order valence-electron chi connectivity index (χ2n) is 9.47. The highest BCUT2D eigenvalue weighted by Crippen LogP contribution is 2.21. The van der Waals surface area contributed by atoms with E-state index in [9.17, 15) is 0 Å². The van der Waals surface area contributed by atoms with Gasteiger partial charge in [0.25, 0.3) is 0 Å². The van der Waals surface area contributed by atoms with E-state index < -0.39 is 0 Å². The summed E-state index contributed by atoms with van der Waals surface area (Å²) in [5.41, 5.74) is 3.38. The Morgan fingerprint density at radius 1 is 0.375 bits per heavy atom. The maximum absolute atomic E-state index is 2.34. The third-order valence-corrected chi connectivity index (χ3v) is 6.37. The van der Waals surface area contributed by atoms with Crippen LogP contribution in [0.15, 0.2) is 11.1 Å². The molecule has 0 aliphatic carbocycles. The molecule has 0 amide bonds. The van der Waals surface area contributed by atoms with E-state index >= 15 is 0 Å². The van der Waals surface area contributed by atoms with Gasteiger partial charge in [-0.05, 0) is 39.5 Å². The Bertz CT molecular complexity index is 316. The van der Waals surface area contributed by atoms with Crippen molar-refractivity contribution in [3.63, 3.8) is 0 Å². The van der Waals surface area contributed by atoms with E-state index in [4.69, 9.17) is 0 Å². The van der Waals surface area contributed by atoms with Crippen molar-refractivity contribution in [2.45, 2.75) is 169 Å². The van der Waals surface area contributed by atoms with Gasteiger partial charge in [-0.3, -0.25) is 0 Å². The molecule has 0 spiro atoms. The Kier molecular flexibility index (Phi) is 48.4. The van der Waals surface area contributed by atoms with Gasteiger partial charge in [-0.25, -0.2) is 0 Å². The van der Waals surface area contributed by atoms with Gasteiger partial charge in [0.2, 0.25) is 0 Å². The van der Waals surface area contributed by atoms with Gasteiger partial charge in [0, 0.05) is 0 Å². The molecule has 0 saturated carbocycles. The molecule has 200 valence electrons. The minimum absolute atomic E-state index is 0. The molecule has 0 bridgehead atoms. The molecule has 2 nitrogen and oxygen atoms in total. The molecule has 0 aromatic heterocycles. The zero-order valence-electron chi connectivity index (χ0n) is 22.8. The highest BCUT2D eigenvalue weighted by molar-refractivity contribution is 8.93. The summed E-state index contributed by atoms with van der Waals surface area (Å²) in [6.45, 7) is 9.28. The normalized spacial score (nSPS) is 9.75. The zero-order chi connectivity index (χ0) is 20.7. The molecule has 0 aliphatic rings. The smallest absolute Gasteiger partial charge is 0.0318 e. The average Bonchev–Trinajstić information content (AvgIpc) is 2.68. The van der Waals surface area contributed by atoms with Gasteiger partial charge in [0.15, 0.2) is 0 Å². The lowest BCUT2D eigenvalue weighted by Gasteiger charge is -2.10. The van der Waals surface area contributed by atoms with Crippen LogP contribution in [0.4, 0.5) is 0 Å². The molecule has 0 heterocycles. The first kappa shape index (κ1) is 42.8. The predicted molar refractivity (Wildman–Crippen MR) is 162 cm³/mol. The van der Waals surface area contributed by atoms with Crippen molar-refractivity contribution in [2.75, 3.05) is 0 Å². The molecule has 0 aromatic rings. The minimum atomic E-state index is 0. The third kappa shape index (κ3) is 32.8. The largest absolute Gasteiger partial charge is 0.344 e. The predicted octanol–water partition coefficient (Wildman–Crippen LogP) is 12.4. The lowest BCUT2D eigenvalue weighted by molar-refractivity contribution is 0.545. The molecular formula is C28H64Br2N2. The van der Waals surface area contributed by atoms with Gasteiger partial charge in [-0.15, -0.1) is 34.0 Å². The number of halogens is 2. The number of hydrogen-bond acceptors (Lipinski definition) is 2. The fourth-order valence-corrected chi connectivity index (χ4v) is 4.28. The number of hydrogen-bond donors (Lipinski definition) is 2. The van der Waals surface area contributed by atoms with Gasteiger partial charge in [0.1, 0.15) is 0 Å². The number of rotatable bonds is 22. The van der Waals surface area contributed by atoms with Crippen LogP contribution < -0.4 is 12.3 Å². The highest BCUT2D eigenvalue weighted by atomic mass is 79.9. The molecule has 0 saturated heterocycles. The lowest BCUT2D eigenvalue weighted by atomic mass is 9.96. The van der Waals surface area contributed by atoms with Crippen LogP contribution in [-0.2, 0) is 0 Å². The Morgan fingerprint density at radius 3 is 0.812 bits per heavy atom. The Labute approximate surface area is 225 Å². The van der Waals surface area contributed by atoms with Crippen molar-refractivity contribution >= 4 is 34.0 Å². The first-order valence-corrected chi connectivity index (χ1v) is 13.4. The molecule has 0 unspecified atom stereocenters. The molecule has 32 heavy (non-hydrogen) atoms. The summed E-state index contributed by atoms with van der Waals surface area (Å²) in [5, 5.41) is 0. The molecule has 0 rings (SSSR count). The first-order valence-electron chi connectivity index (χ1n) is 13.4. The van der Waals surface area contributed by atoms with Gasteiger partial charge in [-0.2, -0.15) is 0 Å². The topological polar surface area (TPSA) is 70.0 Å². The summed E-state index contributed by atoms with van der Waals surface area (Å²) in [5.74, 6) is 0. The average molecular weight is 589 g/mol. The summed E-state index contributed by atoms with van der Waals surface area (Å²) in [6, 6.07) is 0. The lowest BCUT2D eigenvalue weighted by Crippen LogP contribution is -1.90. The summed E-state index contributed by atoms with van der Waals surface area (Å²) in [6.07, 6.45) is 31.7. The maximum atomic E-state index is 2.34. The molecular weight excluding hydrogens is 524 g/mol. The SMILES string of the molecule is Br.Br.CCCCCCCCCCCCC(CCCCCCCCCCCC)=C(C)C.N.N. The second-order valence-corrected chi connectivity index (χ2v) is 9.47. The summed E-state index contributed by atoms with van der Waals surface area (Å²) in [7, 11) is 0. The van der Waals surface area contributed by atoms with E-state index in [2.05, 4.69) is 27.7 Å². The van der Waals surface area contributed by atoms with Crippen molar-refractivity contribution in [1.82, 2.24) is 12.3 Å². The van der Waals surface area contributed by atoms with Gasteiger partial charge in [-0.1, -0.05) is 141 Å². The summed E-state index contributed by atoms with van der Waals surface area (Å²) < 4.78 is 0. The Morgan fingerprint density at radius 2 is 0.594 bits per heavy atom. The van der Waals surface area contributed by atoms with Crippen molar-refractivity contribution in [2.24, 2.45) is 0 Å². The second kappa shape index (κ2) is 36.2. The fraction of sp³-hybridized carbons (Fsp3) is 0.929. The molecule has 0 atom stereocenters. The van der Waals surface area contributed by atoms with Crippen LogP contribution in [0.1, 0.15) is 169 Å². The molecule has 0 radical (unpaired) electrons. The van der Waals surface area contributed by atoms with Crippen molar-refractivity contribution < 1.29 is 0 Å². The van der Waals surface area contributed by atoms with E-state index in [1.807, 2.05) is 0 Å². The minimum Gasteiger partial charge on any atom is -0.344 e. The molecule has 6 N–H and O–H groups in total. The van der Waals surface area contributed by atoms with Crippen LogP contribution in [0.5, 0.6) is 0 Å². The third-order valence-electron chi connectivity index (χ3n) is 6.37. The number of unbranched alkanes of at least 4 members (excludes halogenated alkanes) is 18. The van der Waals surface area contributed by atoms with Crippen LogP contribution >= 0.6 is 34.0 Å². The van der Waals surface area contributed by atoms with E-state index in [1.165, 1.54) is 141 Å². The van der Waals surface area contributed by atoms with E-state index in [0.29, 0.717) is 0 Å². The molecule has 4 heteroatoms. The Balaban J connectivity index is -0.000000607. The zero-order valence-corrected chi connectivity index (χ0v) is 26.2. The van der Waals surface area contributed by atoms with E-state index in [-0.39, 0.29) is 46.3 Å². The molecule has 0 fully saturated rings. The van der Waals surface area contributed by atoms with E-state index in [1.54, 1.807) is 11.1 Å². The quantitative estimate of drug-likeness (QED) is 0.0975. The maximum Gasteiger partial charge on any atom is -0.0318 e. The highest BCUT2D eigenvalue weighted by Gasteiger charge is 2.02. The van der Waals surface area contributed by atoms with Crippen molar-refractivity contribution in [3.8, 4) is 0 Å². The summed E-state index contributed by atoms with van der Waals surface area (Å²) >= 11 is 0. The molecule has 0 aliphatic heterocycles. The van der Waals surface area contributed by atoms with Crippen LogP contribution in [0.3, 0.4) is 0 Å². The van der Waals surface area contributed by atoms with Gasteiger partial charge in [0.05, 0.1) is 0 Å². The van der Waals surface area contributed by atoms with Crippen LogP contribution in [-0.4, -0.2) is 0 Å².